The highest BCUT2D eigenvalue weighted by Crippen LogP contribution is 2.33. The van der Waals surface area contributed by atoms with Gasteiger partial charge in [0.1, 0.15) is 17.5 Å². The van der Waals surface area contributed by atoms with Gasteiger partial charge in [0, 0.05) is 43.4 Å². The molecule has 4 aromatic heterocycles. The van der Waals surface area contributed by atoms with Gasteiger partial charge in [-0.1, -0.05) is 0 Å². The van der Waals surface area contributed by atoms with E-state index in [1.54, 1.807) is 12.4 Å². The van der Waals surface area contributed by atoms with E-state index in [0.29, 0.717) is 44.9 Å². The number of rotatable bonds is 3. The van der Waals surface area contributed by atoms with Crippen LogP contribution in [0.3, 0.4) is 0 Å². The Labute approximate surface area is 206 Å². The third kappa shape index (κ3) is 3.49. The van der Waals surface area contributed by atoms with E-state index in [9.17, 15) is 10.1 Å². The molecule has 0 unspecified atom stereocenters. The van der Waals surface area contributed by atoms with Gasteiger partial charge >= 0.3 is 0 Å². The lowest BCUT2D eigenvalue weighted by Gasteiger charge is -2.34. The Hall–Kier alpha value is -4.62. The molecule has 6 rings (SSSR count). The van der Waals surface area contributed by atoms with E-state index in [-0.39, 0.29) is 5.56 Å². The highest BCUT2D eigenvalue weighted by molar-refractivity contribution is 6.00. The highest BCUT2D eigenvalue weighted by atomic mass is 16.1. The topological polar surface area (TPSA) is 147 Å². The van der Waals surface area contributed by atoms with E-state index in [2.05, 4.69) is 55.0 Å². The Morgan fingerprint density at radius 3 is 2.69 bits per heavy atom. The molecule has 1 aliphatic rings. The number of H-pyrrole nitrogens is 3. The average Bonchev–Trinajstić information content (AvgIpc) is 3.46. The number of piperazine rings is 1. The van der Waals surface area contributed by atoms with Gasteiger partial charge in [0.25, 0.3) is 5.56 Å². The number of likely N-dealkylation sites (N-methyl/N-ethyl adjacent to an activating group) is 1. The third-order valence-corrected chi connectivity index (χ3v) is 6.95. The number of aryl methyl sites for hydroxylation is 1. The molecular weight excluding hydrogens is 454 g/mol. The molecular formula is C26H25N9O. The van der Waals surface area contributed by atoms with Crippen molar-refractivity contribution < 1.29 is 0 Å². The normalized spacial score (nSPS) is 14.5. The average molecular weight is 480 g/mol. The minimum atomic E-state index is -0.306. The van der Waals surface area contributed by atoms with Crippen molar-refractivity contribution in [3.8, 4) is 28.8 Å². The molecule has 5 N–H and O–H groups in total. The molecule has 0 aliphatic carbocycles. The Balaban J connectivity index is 1.49. The van der Waals surface area contributed by atoms with E-state index in [4.69, 9.17) is 10.7 Å². The predicted molar refractivity (Wildman–Crippen MR) is 141 cm³/mol. The molecule has 5 heterocycles. The van der Waals surface area contributed by atoms with Crippen LogP contribution in [0.2, 0.25) is 0 Å². The van der Waals surface area contributed by atoms with Gasteiger partial charge in [0.2, 0.25) is 0 Å². The standard InChI is InChI=1S/C26H25N9O/c1-14-9-21(29-13-18(14)28)23-16(11-27)17-12-30-26(36)22(24(17)33-23)25-31-19-4-3-15(10-20(19)32-25)35-7-5-34(2)6-8-35/h3-4,9-10,12-13,33H,5-8,28H2,1-2H3,(H,30,36)(H,31,32). The van der Waals surface area contributed by atoms with Gasteiger partial charge in [-0.2, -0.15) is 5.26 Å². The minimum Gasteiger partial charge on any atom is -0.397 e. The number of hydrogen-bond acceptors (Lipinski definition) is 7. The van der Waals surface area contributed by atoms with Crippen LogP contribution in [0.15, 0.2) is 41.5 Å². The lowest BCUT2D eigenvalue weighted by molar-refractivity contribution is 0.313. The van der Waals surface area contributed by atoms with Gasteiger partial charge in [-0.05, 0) is 43.8 Å². The number of benzene rings is 1. The fraction of sp³-hybridized carbons (Fsp3) is 0.231. The van der Waals surface area contributed by atoms with Crippen molar-refractivity contribution in [2.45, 2.75) is 6.92 Å². The maximum Gasteiger partial charge on any atom is 0.261 e. The zero-order chi connectivity index (χ0) is 25.0. The van der Waals surface area contributed by atoms with Crippen LogP contribution in [0.1, 0.15) is 11.1 Å². The molecule has 0 amide bonds. The Bertz CT molecular complexity index is 1730. The van der Waals surface area contributed by atoms with Gasteiger partial charge in [0.05, 0.1) is 45.4 Å². The summed E-state index contributed by atoms with van der Waals surface area (Å²) >= 11 is 0. The zero-order valence-electron chi connectivity index (χ0n) is 20.0. The number of imidazole rings is 1. The molecule has 36 heavy (non-hydrogen) atoms. The maximum absolute atomic E-state index is 13.0. The van der Waals surface area contributed by atoms with Crippen LogP contribution in [0.5, 0.6) is 0 Å². The van der Waals surface area contributed by atoms with Crippen LogP contribution in [0, 0.1) is 18.3 Å². The summed E-state index contributed by atoms with van der Waals surface area (Å²) in [7, 11) is 2.13. The number of pyridine rings is 2. The number of nitrogen functional groups attached to an aromatic ring is 1. The lowest BCUT2D eigenvalue weighted by Crippen LogP contribution is -2.44. The number of nitrogens with one attached hydrogen (secondary N) is 3. The second-order valence-corrected chi connectivity index (χ2v) is 9.27. The molecule has 5 aromatic rings. The summed E-state index contributed by atoms with van der Waals surface area (Å²) in [5.41, 5.74) is 12.2. The molecule has 0 spiro atoms. The van der Waals surface area contributed by atoms with Crippen molar-refractivity contribution in [2.24, 2.45) is 0 Å². The van der Waals surface area contributed by atoms with Crippen molar-refractivity contribution in [3.63, 3.8) is 0 Å². The zero-order valence-corrected chi connectivity index (χ0v) is 20.0. The largest absolute Gasteiger partial charge is 0.397 e. The van der Waals surface area contributed by atoms with E-state index < -0.39 is 0 Å². The SMILES string of the molecule is Cc1cc(-c2[nH]c3c(-c4nc5ccc(N6CCN(C)CC6)cc5[nH]4)c(=O)[nH]cc3c2C#N)ncc1N. The summed E-state index contributed by atoms with van der Waals surface area (Å²) in [5, 5.41) is 10.6. The van der Waals surface area contributed by atoms with E-state index >= 15 is 0 Å². The molecule has 1 saturated heterocycles. The van der Waals surface area contributed by atoms with Gasteiger partial charge < -0.3 is 30.5 Å². The summed E-state index contributed by atoms with van der Waals surface area (Å²) in [6, 6.07) is 10.2. The van der Waals surface area contributed by atoms with Gasteiger partial charge in [-0.15, -0.1) is 0 Å². The van der Waals surface area contributed by atoms with Crippen molar-refractivity contribution in [1.29, 1.82) is 5.26 Å². The first-order valence-electron chi connectivity index (χ1n) is 11.8. The Morgan fingerprint density at radius 2 is 1.94 bits per heavy atom. The summed E-state index contributed by atoms with van der Waals surface area (Å²) in [6.45, 7) is 5.84. The molecule has 1 aliphatic heterocycles. The summed E-state index contributed by atoms with van der Waals surface area (Å²) < 4.78 is 0. The quantitative estimate of drug-likeness (QED) is 0.311. The number of nitrogens with zero attached hydrogens (tertiary/aromatic N) is 5. The first kappa shape index (κ1) is 21.9. The molecule has 1 fully saturated rings. The van der Waals surface area contributed by atoms with Crippen LogP contribution in [0.25, 0.3) is 44.7 Å². The van der Waals surface area contributed by atoms with Crippen molar-refractivity contribution >= 4 is 33.3 Å². The Kier molecular flexibility index (Phi) is 5.01. The fourth-order valence-corrected chi connectivity index (χ4v) is 4.79. The number of aromatic amines is 3. The predicted octanol–water partition coefficient (Wildman–Crippen LogP) is 2.98. The Morgan fingerprint density at radius 1 is 1.14 bits per heavy atom. The third-order valence-electron chi connectivity index (χ3n) is 6.95. The van der Waals surface area contributed by atoms with E-state index in [1.807, 2.05) is 19.1 Å². The number of aromatic nitrogens is 5. The number of nitrogens with two attached hydrogens (primary N) is 1. The molecule has 10 nitrogen and oxygen atoms in total. The molecule has 180 valence electrons. The maximum atomic E-state index is 13.0. The number of fused-ring (bicyclic) bond motifs is 2. The van der Waals surface area contributed by atoms with Crippen LogP contribution < -0.4 is 16.2 Å². The molecule has 0 radical (unpaired) electrons. The number of hydrogen-bond donors (Lipinski definition) is 4. The molecule has 0 saturated carbocycles. The second-order valence-electron chi connectivity index (χ2n) is 9.27. The molecule has 10 heteroatoms. The summed E-state index contributed by atoms with van der Waals surface area (Å²) in [6.07, 6.45) is 3.12. The second kappa shape index (κ2) is 8.25. The van der Waals surface area contributed by atoms with Crippen LogP contribution in [-0.4, -0.2) is 63.0 Å². The van der Waals surface area contributed by atoms with Gasteiger partial charge in [-0.25, -0.2) is 4.98 Å². The highest BCUT2D eigenvalue weighted by Gasteiger charge is 2.22. The number of anilines is 2. The van der Waals surface area contributed by atoms with Gasteiger partial charge in [-0.3, -0.25) is 9.78 Å². The van der Waals surface area contributed by atoms with Gasteiger partial charge in [0.15, 0.2) is 0 Å². The fourth-order valence-electron chi connectivity index (χ4n) is 4.79. The van der Waals surface area contributed by atoms with Crippen molar-refractivity contribution in [3.05, 3.63) is 58.1 Å². The molecule has 0 bridgehead atoms. The van der Waals surface area contributed by atoms with E-state index in [1.165, 1.54) is 0 Å². The number of nitriles is 1. The summed E-state index contributed by atoms with van der Waals surface area (Å²) in [4.78, 5) is 36.2. The van der Waals surface area contributed by atoms with Crippen LogP contribution in [0.4, 0.5) is 11.4 Å². The lowest BCUT2D eigenvalue weighted by atomic mass is 10.1. The molecule has 0 atom stereocenters. The van der Waals surface area contributed by atoms with Crippen molar-refractivity contribution in [1.82, 2.24) is 29.8 Å². The first-order valence-corrected chi connectivity index (χ1v) is 11.8. The van der Waals surface area contributed by atoms with Crippen molar-refractivity contribution in [2.75, 3.05) is 43.9 Å². The molecule has 1 aromatic carbocycles. The van der Waals surface area contributed by atoms with E-state index in [0.717, 1.165) is 48.5 Å². The van der Waals surface area contributed by atoms with Crippen LogP contribution >= 0.6 is 0 Å². The smallest absolute Gasteiger partial charge is 0.261 e. The minimum absolute atomic E-state index is 0.306. The summed E-state index contributed by atoms with van der Waals surface area (Å²) in [5.74, 6) is 0.436. The first-order chi connectivity index (χ1) is 17.4. The van der Waals surface area contributed by atoms with Crippen LogP contribution in [-0.2, 0) is 0 Å². The monoisotopic (exact) mass is 479 g/mol.